The molecule has 0 aliphatic carbocycles. The van der Waals surface area contributed by atoms with Crippen LogP contribution in [0.4, 0.5) is 0 Å². The summed E-state index contributed by atoms with van der Waals surface area (Å²) in [6, 6.07) is 7.49. The number of ether oxygens (including phenoxy) is 1. The van der Waals surface area contributed by atoms with Crippen molar-refractivity contribution in [1.82, 2.24) is 10.3 Å². The number of rotatable bonds is 4. The van der Waals surface area contributed by atoms with E-state index in [2.05, 4.69) is 10.3 Å². The summed E-state index contributed by atoms with van der Waals surface area (Å²) in [4.78, 5) is 16.2. The summed E-state index contributed by atoms with van der Waals surface area (Å²) in [6.45, 7) is 1.70. The fraction of sp³-hybridized carbons (Fsp3) is 0.333. The molecule has 20 heavy (non-hydrogen) atoms. The van der Waals surface area contributed by atoms with Crippen molar-refractivity contribution < 1.29 is 13.9 Å². The van der Waals surface area contributed by atoms with Gasteiger partial charge < -0.3 is 14.5 Å². The molecule has 104 valence electrons. The summed E-state index contributed by atoms with van der Waals surface area (Å²) in [5.74, 6) is 0.766. The minimum Gasteiger partial charge on any atom is -0.463 e. The summed E-state index contributed by atoms with van der Waals surface area (Å²) in [5.41, 5.74) is 1.77. The topological polar surface area (TPSA) is 64.4 Å². The molecule has 1 aliphatic heterocycles. The summed E-state index contributed by atoms with van der Waals surface area (Å²) in [7, 11) is 0. The third-order valence-corrected chi connectivity index (χ3v) is 3.37. The van der Waals surface area contributed by atoms with E-state index in [1.807, 2.05) is 24.3 Å². The number of amides is 1. The van der Waals surface area contributed by atoms with Crippen LogP contribution >= 0.6 is 0 Å². The lowest BCUT2D eigenvalue weighted by Crippen LogP contribution is -2.30. The van der Waals surface area contributed by atoms with Crippen molar-refractivity contribution >= 4 is 5.91 Å². The fourth-order valence-electron chi connectivity index (χ4n) is 2.22. The van der Waals surface area contributed by atoms with Crippen molar-refractivity contribution in [1.29, 1.82) is 0 Å². The number of aromatic nitrogens is 1. The Labute approximate surface area is 117 Å². The number of carbonyl (C=O) groups is 1. The van der Waals surface area contributed by atoms with Gasteiger partial charge in [-0.05, 0) is 36.2 Å². The van der Waals surface area contributed by atoms with Crippen LogP contribution in [0.15, 0.2) is 41.1 Å². The third-order valence-electron chi connectivity index (χ3n) is 3.37. The van der Waals surface area contributed by atoms with Crippen LogP contribution in [0.1, 0.15) is 12.0 Å². The van der Waals surface area contributed by atoms with Gasteiger partial charge in [0.2, 0.25) is 5.91 Å². The van der Waals surface area contributed by atoms with E-state index in [4.69, 9.17) is 9.15 Å². The molecule has 3 rings (SSSR count). The molecule has 1 aliphatic rings. The Hall–Kier alpha value is -2.14. The van der Waals surface area contributed by atoms with Gasteiger partial charge >= 0.3 is 0 Å². The van der Waals surface area contributed by atoms with Crippen molar-refractivity contribution in [3.8, 4) is 11.5 Å². The average Bonchev–Trinajstić information content (AvgIpc) is 3.17. The van der Waals surface area contributed by atoms with Crippen LogP contribution < -0.4 is 5.32 Å². The Kier molecular flexibility index (Phi) is 3.78. The second-order valence-electron chi connectivity index (χ2n) is 4.80. The molecule has 3 heterocycles. The van der Waals surface area contributed by atoms with Gasteiger partial charge in [0.25, 0.3) is 0 Å². The molecule has 0 saturated carbocycles. The average molecular weight is 272 g/mol. The summed E-state index contributed by atoms with van der Waals surface area (Å²) in [5, 5.41) is 2.94. The number of furan rings is 1. The molecule has 0 spiro atoms. The second kappa shape index (κ2) is 5.88. The van der Waals surface area contributed by atoms with Crippen molar-refractivity contribution in [2.75, 3.05) is 13.2 Å². The number of pyridine rings is 1. The molecule has 1 N–H and O–H groups in total. The monoisotopic (exact) mass is 272 g/mol. The Bertz CT molecular complexity index is 575. The first-order valence-corrected chi connectivity index (χ1v) is 6.67. The van der Waals surface area contributed by atoms with Crippen LogP contribution in [-0.2, 0) is 16.1 Å². The number of nitrogens with one attached hydrogen (secondary N) is 1. The molecule has 1 amide bonds. The van der Waals surface area contributed by atoms with Crippen LogP contribution in [0.25, 0.3) is 11.5 Å². The fourth-order valence-corrected chi connectivity index (χ4v) is 2.22. The zero-order valence-corrected chi connectivity index (χ0v) is 11.0. The molecule has 0 unspecified atom stereocenters. The predicted octanol–water partition coefficient (Wildman–Crippen LogP) is 1.99. The van der Waals surface area contributed by atoms with E-state index in [1.165, 1.54) is 0 Å². The highest BCUT2D eigenvalue weighted by Crippen LogP contribution is 2.18. The Morgan fingerprint density at radius 1 is 1.45 bits per heavy atom. The van der Waals surface area contributed by atoms with Gasteiger partial charge in [-0.25, -0.2) is 0 Å². The van der Waals surface area contributed by atoms with Gasteiger partial charge in [-0.3, -0.25) is 9.78 Å². The first-order valence-electron chi connectivity index (χ1n) is 6.67. The quantitative estimate of drug-likeness (QED) is 0.924. The van der Waals surface area contributed by atoms with E-state index in [0.717, 1.165) is 23.4 Å². The number of carbonyl (C=O) groups excluding carboxylic acids is 1. The van der Waals surface area contributed by atoms with Crippen molar-refractivity contribution in [2.24, 2.45) is 5.92 Å². The predicted molar refractivity (Wildman–Crippen MR) is 72.7 cm³/mol. The Balaban J connectivity index is 1.63. The first kappa shape index (κ1) is 12.9. The van der Waals surface area contributed by atoms with Crippen LogP contribution in [0.2, 0.25) is 0 Å². The lowest BCUT2D eigenvalue weighted by molar-refractivity contribution is -0.125. The van der Waals surface area contributed by atoms with Crippen molar-refractivity contribution in [3.63, 3.8) is 0 Å². The molecule has 1 fully saturated rings. The largest absolute Gasteiger partial charge is 0.463 e. The molecule has 1 saturated heterocycles. The number of nitrogens with zero attached hydrogens (tertiary/aromatic N) is 1. The molecule has 5 heteroatoms. The van der Waals surface area contributed by atoms with Gasteiger partial charge in [-0.2, -0.15) is 0 Å². The standard InChI is InChI=1S/C15H16N2O3/c18-15(12-4-7-19-10-12)17-9-11-3-5-16-13(8-11)14-2-1-6-20-14/h1-3,5-6,8,12H,4,7,9-10H2,(H,17,18)/t12-/m1/s1. The van der Waals surface area contributed by atoms with Gasteiger partial charge in [0.1, 0.15) is 5.69 Å². The van der Waals surface area contributed by atoms with Crippen LogP contribution in [0.5, 0.6) is 0 Å². The maximum Gasteiger partial charge on any atom is 0.225 e. The smallest absolute Gasteiger partial charge is 0.225 e. The van der Waals surface area contributed by atoms with E-state index in [0.29, 0.717) is 19.8 Å². The zero-order valence-electron chi connectivity index (χ0n) is 11.0. The summed E-state index contributed by atoms with van der Waals surface area (Å²) < 4.78 is 10.5. The van der Waals surface area contributed by atoms with E-state index in [9.17, 15) is 4.79 Å². The molecular formula is C15H16N2O3. The van der Waals surface area contributed by atoms with Crippen LogP contribution in [-0.4, -0.2) is 24.1 Å². The van der Waals surface area contributed by atoms with Gasteiger partial charge in [0.15, 0.2) is 5.76 Å². The third kappa shape index (κ3) is 2.88. The maximum atomic E-state index is 11.9. The molecule has 0 bridgehead atoms. The Morgan fingerprint density at radius 3 is 3.15 bits per heavy atom. The normalized spacial score (nSPS) is 18.1. The van der Waals surface area contributed by atoms with Crippen LogP contribution in [0.3, 0.4) is 0 Å². The SMILES string of the molecule is O=C(NCc1ccnc(-c2ccco2)c1)[C@@H]1CCOC1. The van der Waals surface area contributed by atoms with Crippen molar-refractivity contribution in [3.05, 3.63) is 42.3 Å². The van der Waals surface area contributed by atoms with Gasteiger partial charge in [0.05, 0.1) is 18.8 Å². The minimum absolute atomic E-state index is 0.0126. The van der Waals surface area contributed by atoms with E-state index < -0.39 is 0 Å². The summed E-state index contributed by atoms with van der Waals surface area (Å²) >= 11 is 0. The highest BCUT2D eigenvalue weighted by Gasteiger charge is 2.22. The molecular weight excluding hydrogens is 256 g/mol. The molecule has 0 radical (unpaired) electrons. The van der Waals surface area contributed by atoms with Gasteiger partial charge in [0, 0.05) is 19.3 Å². The zero-order chi connectivity index (χ0) is 13.8. The molecule has 2 aromatic rings. The van der Waals surface area contributed by atoms with Crippen LogP contribution in [0, 0.1) is 5.92 Å². The van der Waals surface area contributed by atoms with Crippen molar-refractivity contribution in [2.45, 2.75) is 13.0 Å². The highest BCUT2D eigenvalue weighted by molar-refractivity contribution is 5.79. The molecule has 1 atom stereocenters. The van der Waals surface area contributed by atoms with E-state index in [1.54, 1.807) is 12.5 Å². The van der Waals surface area contributed by atoms with Gasteiger partial charge in [-0.15, -0.1) is 0 Å². The second-order valence-corrected chi connectivity index (χ2v) is 4.80. The minimum atomic E-state index is -0.0126. The Morgan fingerprint density at radius 2 is 2.40 bits per heavy atom. The number of hydrogen-bond acceptors (Lipinski definition) is 4. The van der Waals surface area contributed by atoms with E-state index in [-0.39, 0.29) is 11.8 Å². The first-order chi connectivity index (χ1) is 9.83. The van der Waals surface area contributed by atoms with Gasteiger partial charge in [-0.1, -0.05) is 0 Å². The maximum absolute atomic E-state index is 11.9. The number of hydrogen-bond donors (Lipinski definition) is 1. The molecule has 2 aromatic heterocycles. The summed E-state index contributed by atoms with van der Waals surface area (Å²) in [6.07, 6.45) is 4.14. The molecule has 0 aromatic carbocycles. The molecule has 5 nitrogen and oxygen atoms in total. The van der Waals surface area contributed by atoms with E-state index >= 15 is 0 Å². The highest BCUT2D eigenvalue weighted by atomic mass is 16.5. The lowest BCUT2D eigenvalue weighted by atomic mass is 10.1. The lowest BCUT2D eigenvalue weighted by Gasteiger charge is -2.09.